The lowest BCUT2D eigenvalue weighted by atomic mass is 9.73. The van der Waals surface area contributed by atoms with E-state index < -0.39 is 12.3 Å². The third kappa shape index (κ3) is 15.4. The van der Waals surface area contributed by atoms with Crippen molar-refractivity contribution >= 4 is 32.3 Å². The Kier molecular flexibility index (Phi) is 20.7. The van der Waals surface area contributed by atoms with Gasteiger partial charge in [0, 0.05) is 120 Å². The fourth-order valence-electron chi connectivity index (χ4n) is 20.2. The maximum absolute atomic E-state index is 8.06. The van der Waals surface area contributed by atoms with Crippen LogP contribution >= 0.6 is 0 Å². The number of ether oxygens (including phenoxy) is 5. The average Bonchev–Trinajstić information content (AvgIpc) is 0.659. The predicted molar refractivity (Wildman–Crippen MR) is 538 cm³/mol. The van der Waals surface area contributed by atoms with Crippen molar-refractivity contribution in [3.8, 4) is 113 Å². The topological polar surface area (TPSA) is 46.2 Å². The molecule has 5 heterocycles. The standard InChI is InChI=1S/3C26H22O.2C23H22O/c1-17-8-6-10-19(16-17)21-12-7-13-22-25(21)27-23-15-14-18-9-4-5-11-20(18)24(23)26(22,2)3;1-17-8-6-10-19(16-17)21-12-7-13-22-25(21)27-24-20-11-5-4-9-18(20)14-15-23(24)26(22,2)3;1-17-8-6-11-20(14-17)21-12-7-13-22-25(21)27-24-16-19-10-5-4-9-18(19)15-23(24)26(22,2)3;1-15-7-5-8-17(13-15)18-9-6-10-20-22(18)24-21-14-16(2)11-12-19(21)23(20,3)4;1-15-8-7-9-17(14-15)18-13-12-16(2)21-22(18)24-20-11-6-5-10-19(20)23(21,3)4/h3*4-16H,1-3H3;2*5-14H,1-4H3/i;;;;2D3. The Labute approximate surface area is 765 Å². The van der Waals surface area contributed by atoms with Crippen molar-refractivity contribution in [1.29, 1.82) is 0 Å². The molecule has 0 unspecified atom stereocenters. The first-order valence-electron chi connectivity index (χ1n) is 46.6. The Bertz CT molecular complexity index is 7510. The quantitative estimate of drug-likeness (QED) is 0.172. The molecule has 0 fully saturated rings. The van der Waals surface area contributed by atoms with E-state index in [2.05, 4.69) is 407 Å². The van der Waals surface area contributed by atoms with Gasteiger partial charge in [-0.15, -0.1) is 0 Å². The molecular formula is C124H110O5. The van der Waals surface area contributed by atoms with Crippen LogP contribution in [0.3, 0.4) is 0 Å². The molecule has 0 amide bonds. The molecule has 18 aromatic carbocycles. The zero-order valence-electron chi connectivity index (χ0n) is 79.6. The Morgan fingerprint density at radius 2 is 0.527 bits per heavy atom. The summed E-state index contributed by atoms with van der Waals surface area (Å²) in [6, 6.07) is 125. The van der Waals surface area contributed by atoms with Crippen molar-refractivity contribution in [1.82, 2.24) is 0 Å². The van der Waals surface area contributed by atoms with Crippen molar-refractivity contribution in [3.63, 3.8) is 0 Å². The summed E-state index contributed by atoms with van der Waals surface area (Å²) in [5, 5.41) is 7.38. The van der Waals surface area contributed by atoms with Gasteiger partial charge >= 0.3 is 0 Å². The molecule has 0 aliphatic carbocycles. The Hall–Kier alpha value is -14.3. The van der Waals surface area contributed by atoms with E-state index in [9.17, 15) is 0 Å². The number of aryl methyl sites for hydroxylation is 7. The summed E-state index contributed by atoms with van der Waals surface area (Å²) in [5.74, 6) is 9.27. The molecule has 23 rings (SSSR count). The lowest BCUT2D eigenvalue weighted by Crippen LogP contribution is -2.25. The zero-order chi connectivity index (χ0) is 92.1. The summed E-state index contributed by atoms with van der Waals surface area (Å²) in [6.45, 7) is 33.0. The molecule has 636 valence electrons. The monoisotopic (exact) mass is 1680 g/mol. The molecule has 0 atom stereocenters. The fraction of sp³-hybridized carbons (Fsp3) is 0.177. The minimum Gasteiger partial charge on any atom is -0.456 e. The molecular weight excluding hydrogens is 1570 g/mol. The summed E-state index contributed by atoms with van der Waals surface area (Å²) in [4.78, 5) is 0. The Morgan fingerprint density at radius 3 is 1.02 bits per heavy atom. The van der Waals surface area contributed by atoms with Gasteiger partial charge in [-0.05, 0) is 145 Å². The van der Waals surface area contributed by atoms with E-state index in [1.165, 1.54) is 127 Å². The highest BCUT2D eigenvalue weighted by atomic mass is 16.5. The van der Waals surface area contributed by atoms with Crippen LogP contribution in [0, 0.1) is 48.4 Å². The minimum atomic E-state index is -2.21. The van der Waals surface area contributed by atoms with E-state index in [0.717, 1.165) is 102 Å². The largest absolute Gasteiger partial charge is 0.456 e. The summed E-state index contributed by atoms with van der Waals surface area (Å²) in [7, 11) is 0. The van der Waals surface area contributed by atoms with Crippen molar-refractivity contribution in [2.45, 2.75) is 145 Å². The van der Waals surface area contributed by atoms with Gasteiger partial charge in [-0.3, -0.25) is 0 Å². The molecule has 5 aliphatic rings. The van der Waals surface area contributed by atoms with Crippen molar-refractivity contribution in [2.24, 2.45) is 0 Å². The van der Waals surface area contributed by atoms with Crippen LogP contribution in [0.25, 0.3) is 88.0 Å². The van der Waals surface area contributed by atoms with Crippen LogP contribution in [0.2, 0.25) is 0 Å². The van der Waals surface area contributed by atoms with Crippen LogP contribution in [0.1, 0.15) is 168 Å². The molecule has 129 heavy (non-hydrogen) atoms. The first-order valence-corrected chi connectivity index (χ1v) is 45.1. The molecule has 5 aliphatic heterocycles. The van der Waals surface area contributed by atoms with E-state index in [-0.39, 0.29) is 21.7 Å². The number of fused-ring (bicyclic) bond motifs is 15. The average molecular weight is 1680 g/mol. The van der Waals surface area contributed by atoms with Gasteiger partial charge in [0.15, 0.2) is 0 Å². The first kappa shape index (κ1) is 80.6. The molecule has 0 bridgehead atoms. The van der Waals surface area contributed by atoms with E-state index >= 15 is 0 Å². The van der Waals surface area contributed by atoms with E-state index in [1.807, 2.05) is 55.5 Å². The number of benzene rings is 18. The number of rotatable bonds is 5. The van der Waals surface area contributed by atoms with E-state index in [0.29, 0.717) is 11.3 Å². The lowest BCUT2D eigenvalue weighted by molar-refractivity contribution is 0.418. The lowest BCUT2D eigenvalue weighted by Gasteiger charge is -2.36. The molecule has 0 N–H and O–H groups in total. The smallest absolute Gasteiger partial charge is 0.139 e. The van der Waals surface area contributed by atoms with Crippen LogP contribution in [0.5, 0.6) is 57.5 Å². The number of para-hydroxylation sites is 5. The van der Waals surface area contributed by atoms with Crippen molar-refractivity contribution in [3.05, 3.63) is 452 Å². The summed E-state index contributed by atoms with van der Waals surface area (Å²) in [5.41, 5.74) is 30.0. The molecule has 0 saturated carbocycles. The molecule has 0 aromatic heterocycles. The van der Waals surface area contributed by atoms with Gasteiger partial charge < -0.3 is 23.7 Å². The highest BCUT2D eigenvalue weighted by Crippen LogP contribution is 2.59. The number of hydrogen-bond acceptors (Lipinski definition) is 5. The Morgan fingerprint density at radius 1 is 0.194 bits per heavy atom. The highest BCUT2D eigenvalue weighted by Gasteiger charge is 2.42. The summed E-state index contributed by atoms with van der Waals surface area (Å²) < 4.78 is 56.7. The molecule has 5 heteroatoms. The van der Waals surface area contributed by atoms with E-state index in [4.69, 9.17) is 27.8 Å². The van der Waals surface area contributed by atoms with Crippen LogP contribution in [-0.4, -0.2) is 0 Å². The maximum atomic E-state index is 8.06. The first-order chi connectivity index (χ1) is 63.3. The molecule has 5 nitrogen and oxygen atoms in total. The predicted octanol–water partition coefficient (Wildman–Crippen LogP) is 34.5. The SMILES string of the molecule is Cc1cccc(-c2cccc3c2Oc2c(ccc4ccccc24)C3(C)C)c1.Cc1cccc(-c2cccc3c2Oc2cc(C)ccc2C3(C)C)c1.Cc1cccc(-c2cccc3c2Oc2cc4ccccc4cc2C3(C)C)c1.Cc1cccc(-c2cccc3c2Oc2ccc4ccccc4c2C3(C)C)c1.[2H]C([2H])([2H])c1ccc(-c2cccc(C)c2)c2c1C(C)(C)c1ccccc1O2. The van der Waals surface area contributed by atoms with Gasteiger partial charge in [0.05, 0.1) is 0 Å². The van der Waals surface area contributed by atoms with Gasteiger partial charge in [-0.25, -0.2) is 0 Å². The van der Waals surface area contributed by atoms with Crippen LogP contribution in [0.4, 0.5) is 0 Å². The molecule has 18 aromatic rings. The third-order valence-electron chi connectivity index (χ3n) is 27.2. The second-order valence-corrected chi connectivity index (χ2v) is 38.1. The van der Waals surface area contributed by atoms with Crippen molar-refractivity contribution in [2.75, 3.05) is 0 Å². The van der Waals surface area contributed by atoms with Crippen molar-refractivity contribution < 1.29 is 27.8 Å². The minimum absolute atomic E-state index is 0.0730. The highest BCUT2D eigenvalue weighted by molar-refractivity contribution is 5.94. The van der Waals surface area contributed by atoms with Gasteiger partial charge in [0.2, 0.25) is 0 Å². The van der Waals surface area contributed by atoms with Gasteiger partial charge in [0.1, 0.15) is 57.5 Å². The second kappa shape index (κ2) is 33.2. The van der Waals surface area contributed by atoms with Gasteiger partial charge in [-0.2, -0.15) is 0 Å². The van der Waals surface area contributed by atoms with Gasteiger partial charge in [-0.1, -0.05) is 425 Å². The Balaban J connectivity index is 0.000000107. The molecule has 0 spiro atoms. The third-order valence-corrected chi connectivity index (χ3v) is 27.2. The zero-order valence-corrected chi connectivity index (χ0v) is 76.6. The van der Waals surface area contributed by atoms with E-state index in [1.54, 1.807) is 6.07 Å². The van der Waals surface area contributed by atoms with Crippen LogP contribution in [-0.2, 0) is 27.1 Å². The number of hydrogen-bond donors (Lipinski definition) is 0. The molecule has 0 saturated heterocycles. The summed E-state index contributed by atoms with van der Waals surface area (Å²) >= 11 is 0. The molecule has 0 radical (unpaired) electrons. The fourth-order valence-corrected chi connectivity index (χ4v) is 20.2. The van der Waals surface area contributed by atoms with Crippen LogP contribution in [0.15, 0.2) is 358 Å². The summed E-state index contributed by atoms with van der Waals surface area (Å²) in [6.07, 6.45) is 0. The second-order valence-electron chi connectivity index (χ2n) is 38.1. The normalized spacial score (nSPS) is 14.8. The van der Waals surface area contributed by atoms with Gasteiger partial charge in [0.25, 0.3) is 0 Å². The maximum Gasteiger partial charge on any atom is 0.139 e. The van der Waals surface area contributed by atoms with Crippen LogP contribution < -0.4 is 23.7 Å².